The number of benzene rings is 3. The molecule has 3 N–H and O–H groups in total. The molecule has 0 aromatic heterocycles. The number of fused-ring (bicyclic) bond motifs is 6. The van der Waals surface area contributed by atoms with E-state index in [9.17, 15) is 19.8 Å². The molecule has 0 saturated heterocycles. The fourth-order valence-electron chi connectivity index (χ4n) is 4.10. The minimum atomic E-state index is -1.31. The molecule has 0 aliphatic carbocycles. The molecular weight excluding hydrogens is 513 g/mol. The third-order valence-electron chi connectivity index (χ3n) is 5.45. The van der Waals surface area contributed by atoms with Crippen LogP contribution in [0.4, 0.5) is 0 Å². The van der Waals surface area contributed by atoms with Crippen LogP contribution in [-0.2, 0) is 21.7 Å². The maximum atomic E-state index is 12.9. The van der Waals surface area contributed by atoms with Crippen LogP contribution < -0.4 is 10.1 Å². The van der Waals surface area contributed by atoms with E-state index in [2.05, 4.69) is 5.32 Å². The molecule has 0 bridgehead atoms. The van der Waals surface area contributed by atoms with Crippen molar-refractivity contribution in [2.45, 2.75) is 12.1 Å². The molecular formula is C23H16INO6. The van der Waals surface area contributed by atoms with E-state index >= 15 is 0 Å². The number of halogens is 1. The highest BCUT2D eigenvalue weighted by Gasteiger charge is 2.53. The van der Waals surface area contributed by atoms with Crippen molar-refractivity contribution in [1.82, 2.24) is 5.32 Å². The summed E-state index contributed by atoms with van der Waals surface area (Å²) >= 11 is 1.99. The average molecular weight is 529 g/mol. The monoisotopic (exact) mass is 529 g/mol. The molecule has 0 fully saturated rings. The van der Waals surface area contributed by atoms with Gasteiger partial charge in [0.25, 0.3) is 0 Å². The minimum absolute atomic E-state index is 0.00249. The number of rotatable bonds is 3. The number of nitrogens with one attached hydrogen (secondary N) is 1. The van der Waals surface area contributed by atoms with Crippen molar-refractivity contribution >= 4 is 34.5 Å². The summed E-state index contributed by atoms with van der Waals surface area (Å²) in [7, 11) is 0. The Bertz CT molecular complexity index is 1200. The molecule has 2 aliphatic heterocycles. The lowest BCUT2D eigenvalue weighted by molar-refractivity contribution is -0.118. The Kier molecular flexibility index (Phi) is 4.54. The predicted octanol–water partition coefficient (Wildman–Crippen LogP) is 3.72. The van der Waals surface area contributed by atoms with E-state index in [1.807, 2.05) is 28.7 Å². The molecule has 0 atom stereocenters. The van der Waals surface area contributed by atoms with E-state index in [1.165, 1.54) is 24.3 Å². The van der Waals surface area contributed by atoms with Gasteiger partial charge in [-0.1, -0.05) is 28.7 Å². The average Bonchev–Trinajstić information content (AvgIpc) is 3.04. The van der Waals surface area contributed by atoms with Crippen LogP contribution in [0, 0.1) is 0 Å². The number of hydrogen-bond donors (Lipinski definition) is 3. The zero-order chi connectivity index (χ0) is 21.8. The fraction of sp³-hybridized carbons (Fsp3) is 0.130. The second-order valence-electron chi connectivity index (χ2n) is 7.32. The minimum Gasteiger partial charge on any atom is -0.508 e. The summed E-state index contributed by atoms with van der Waals surface area (Å²) in [5.41, 5.74) is 1.64. The molecule has 3 aromatic carbocycles. The van der Waals surface area contributed by atoms with Gasteiger partial charge in [0.15, 0.2) is 5.60 Å². The van der Waals surface area contributed by atoms with Crippen LogP contribution in [0.25, 0.3) is 0 Å². The molecule has 3 aromatic rings. The maximum absolute atomic E-state index is 12.9. The van der Waals surface area contributed by atoms with Crippen molar-refractivity contribution in [3.05, 3.63) is 82.4 Å². The maximum Gasteiger partial charge on any atom is 0.340 e. The summed E-state index contributed by atoms with van der Waals surface area (Å²) in [5, 5.41) is 22.8. The molecule has 5 rings (SSSR count). The Hall–Kier alpha value is -3.27. The van der Waals surface area contributed by atoms with E-state index in [-0.39, 0.29) is 17.4 Å². The summed E-state index contributed by atoms with van der Waals surface area (Å²) in [6.07, 6.45) is 0. The number of phenolic OH excluding ortho intramolecular Hbond substituents is 2. The van der Waals surface area contributed by atoms with E-state index < -0.39 is 11.6 Å². The topological polar surface area (TPSA) is 105 Å². The van der Waals surface area contributed by atoms with Gasteiger partial charge in [0.1, 0.15) is 23.0 Å². The van der Waals surface area contributed by atoms with Crippen molar-refractivity contribution in [2.24, 2.45) is 0 Å². The first-order valence-electron chi connectivity index (χ1n) is 9.46. The zero-order valence-electron chi connectivity index (χ0n) is 16.0. The summed E-state index contributed by atoms with van der Waals surface area (Å²) in [6.45, 7) is 0.306. The summed E-state index contributed by atoms with van der Waals surface area (Å²) < 4.78 is 12.3. The predicted molar refractivity (Wildman–Crippen MR) is 119 cm³/mol. The van der Waals surface area contributed by atoms with Gasteiger partial charge in [-0.25, -0.2) is 4.79 Å². The summed E-state index contributed by atoms with van der Waals surface area (Å²) in [5.74, 6) is 0.0630. The van der Waals surface area contributed by atoms with Gasteiger partial charge in [0, 0.05) is 35.4 Å². The van der Waals surface area contributed by atoms with Crippen molar-refractivity contribution in [3.8, 4) is 23.0 Å². The Balaban J connectivity index is 1.74. The van der Waals surface area contributed by atoms with Gasteiger partial charge in [-0.2, -0.15) is 0 Å². The molecule has 8 heteroatoms. The third-order valence-corrected chi connectivity index (χ3v) is 6.14. The number of alkyl halides is 1. The first-order valence-corrected chi connectivity index (χ1v) is 11.0. The lowest BCUT2D eigenvalue weighted by atomic mass is 9.77. The van der Waals surface area contributed by atoms with Crippen LogP contribution >= 0.6 is 22.6 Å². The lowest BCUT2D eigenvalue weighted by Crippen LogP contribution is -2.33. The molecule has 31 heavy (non-hydrogen) atoms. The zero-order valence-corrected chi connectivity index (χ0v) is 18.2. The molecule has 2 heterocycles. The highest BCUT2D eigenvalue weighted by atomic mass is 127. The van der Waals surface area contributed by atoms with E-state index in [1.54, 1.807) is 24.3 Å². The second-order valence-corrected chi connectivity index (χ2v) is 8.09. The van der Waals surface area contributed by atoms with Gasteiger partial charge in [0.05, 0.1) is 9.99 Å². The quantitative estimate of drug-likeness (QED) is 0.272. The van der Waals surface area contributed by atoms with Crippen LogP contribution in [-0.4, -0.2) is 26.5 Å². The molecule has 1 amide bonds. The second kappa shape index (κ2) is 7.16. The van der Waals surface area contributed by atoms with Gasteiger partial charge < -0.3 is 25.0 Å². The molecule has 0 radical (unpaired) electrons. The van der Waals surface area contributed by atoms with Crippen molar-refractivity contribution < 1.29 is 29.3 Å². The first kappa shape index (κ1) is 19.7. The summed E-state index contributed by atoms with van der Waals surface area (Å²) in [4.78, 5) is 24.6. The number of esters is 1. The SMILES string of the molecule is O=C(CI)NCc1ccc2c(c1)C1(OC2=O)c2ccc(O)cc2Oc2cc(O)ccc21. The third kappa shape index (κ3) is 3.01. The number of carbonyl (C=O) groups is 2. The van der Waals surface area contributed by atoms with Crippen LogP contribution in [0.2, 0.25) is 0 Å². The Morgan fingerprint density at radius 3 is 2.19 bits per heavy atom. The number of carbonyl (C=O) groups excluding carboxylic acids is 2. The number of ether oxygens (including phenoxy) is 2. The Morgan fingerprint density at radius 2 is 1.58 bits per heavy atom. The number of phenols is 2. The molecule has 7 nitrogen and oxygen atoms in total. The number of amides is 1. The van der Waals surface area contributed by atoms with Crippen molar-refractivity contribution in [1.29, 1.82) is 0 Å². The highest BCUT2D eigenvalue weighted by molar-refractivity contribution is 14.1. The molecule has 0 unspecified atom stereocenters. The highest BCUT2D eigenvalue weighted by Crippen LogP contribution is 2.57. The van der Waals surface area contributed by atoms with Gasteiger partial charge >= 0.3 is 5.97 Å². The smallest absolute Gasteiger partial charge is 0.340 e. The van der Waals surface area contributed by atoms with Crippen LogP contribution in [0.15, 0.2) is 54.6 Å². The van der Waals surface area contributed by atoms with Gasteiger partial charge in [-0.3, -0.25) is 4.79 Å². The van der Waals surface area contributed by atoms with Crippen molar-refractivity contribution in [3.63, 3.8) is 0 Å². The van der Waals surface area contributed by atoms with Gasteiger partial charge in [-0.15, -0.1) is 0 Å². The molecule has 0 saturated carbocycles. The molecule has 2 aliphatic rings. The Labute approximate surface area is 190 Å². The standard InChI is InChI=1S/C23H16INO6/c24-10-21(28)25-11-12-1-4-15-18(7-12)23(31-22(15)29)16-5-2-13(26)8-19(16)30-20-9-14(27)3-6-17(20)23/h1-9,26-27H,10-11H2,(H,25,28). The van der Waals surface area contributed by atoms with Crippen LogP contribution in [0.1, 0.15) is 32.6 Å². The number of aromatic hydroxyl groups is 2. The van der Waals surface area contributed by atoms with Crippen molar-refractivity contribution in [2.75, 3.05) is 4.43 Å². The van der Waals surface area contributed by atoms with Crippen LogP contribution in [0.5, 0.6) is 23.0 Å². The number of hydrogen-bond acceptors (Lipinski definition) is 6. The first-order chi connectivity index (χ1) is 14.9. The molecule has 156 valence electrons. The van der Waals surface area contributed by atoms with Crippen LogP contribution in [0.3, 0.4) is 0 Å². The van der Waals surface area contributed by atoms with E-state index in [0.29, 0.717) is 44.7 Å². The fourth-order valence-corrected chi connectivity index (χ4v) is 4.37. The van der Waals surface area contributed by atoms with E-state index in [0.717, 1.165) is 5.56 Å². The Morgan fingerprint density at radius 1 is 0.935 bits per heavy atom. The lowest BCUT2D eigenvalue weighted by Gasteiger charge is -2.36. The largest absolute Gasteiger partial charge is 0.508 e. The van der Waals surface area contributed by atoms with Gasteiger partial charge in [0.2, 0.25) is 5.91 Å². The summed E-state index contributed by atoms with van der Waals surface area (Å²) in [6, 6.07) is 14.5. The van der Waals surface area contributed by atoms with E-state index in [4.69, 9.17) is 9.47 Å². The molecule has 1 spiro atoms. The normalized spacial score (nSPS) is 14.8. The van der Waals surface area contributed by atoms with Gasteiger partial charge in [-0.05, 0) is 42.0 Å².